The van der Waals surface area contributed by atoms with Gasteiger partial charge in [0.15, 0.2) is 0 Å². The summed E-state index contributed by atoms with van der Waals surface area (Å²) in [5, 5.41) is 0. The van der Waals surface area contributed by atoms with Crippen LogP contribution in [0.25, 0.3) is 0 Å². The molecule has 2 nitrogen and oxygen atoms in total. The molecule has 0 aliphatic heterocycles. The van der Waals surface area contributed by atoms with Gasteiger partial charge in [0, 0.05) is 12.2 Å². The van der Waals surface area contributed by atoms with Gasteiger partial charge in [0.1, 0.15) is 0 Å². The van der Waals surface area contributed by atoms with E-state index in [1.165, 1.54) is 28.6 Å². The molecule has 1 atom stereocenters. The summed E-state index contributed by atoms with van der Waals surface area (Å²) in [5.74, 6) is 0.585. The molecule has 1 aliphatic rings. The lowest BCUT2D eigenvalue weighted by atomic mass is 10.1. The monoisotopic (exact) mass is 256 g/mol. The van der Waals surface area contributed by atoms with Gasteiger partial charge in [-0.1, -0.05) is 0 Å². The van der Waals surface area contributed by atoms with Crippen LogP contribution >= 0.6 is 15.9 Å². The van der Waals surface area contributed by atoms with Crippen molar-refractivity contribution in [3.63, 3.8) is 0 Å². The minimum atomic E-state index is 0.522. The van der Waals surface area contributed by atoms with Gasteiger partial charge < -0.3 is 10.3 Å². The Bertz CT molecular complexity index is 341. The van der Waals surface area contributed by atoms with Crippen molar-refractivity contribution < 1.29 is 0 Å². The second kappa shape index (κ2) is 3.70. The first-order valence-electron chi connectivity index (χ1n) is 5.24. The number of hydrogen-bond acceptors (Lipinski definition) is 1. The summed E-state index contributed by atoms with van der Waals surface area (Å²) in [5.41, 5.74) is 8.71. The second-order valence-electron chi connectivity index (χ2n) is 4.33. The maximum Gasteiger partial charge on any atom is 0.0884 e. The van der Waals surface area contributed by atoms with E-state index in [2.05, 4.69) is 40.5 Å². The molecule has 1 aromatic rings. The average Bonchev–Trinajstić information content (AvgIpc) is 2.66. The van der Waals surface area contributed by atoms with E-state index in [4.69, 9.17) is 5.73 Å². The summed E-state index contributed by atoms with van der Waals surface area (Å²) in [6.45, 7) is 5.19. The zero-order chi connectivity index (χ0) is 10.3. The molecule has 1 unspecified atom stereocenters. The van der Waals surface area contributed by atoms with Gasteiger partial charge >= 0.3 is 0 Å². The normalized spacial score (nSPS) is 20.5. The van der Waals surface area contributed by atoms with Crippen LogP contribution < -0.4 is 5.73 Å². The van der Waals surface area contributed by atoms with E-state index in [0.717, 1.165) is 6.54 Å². The zero-order valence-electron chi connectivity index (χ0n) is 8.76. The topological polar surface area (TPSA) is 30.9 Å². The number of hydrogen-bond donors (Lipinski definition) is 1. The first-order valence-corrected chi connectivity index (χ1v) is 6.03. The fourth-order valence-corrected chi connectivity index (χ4v) is 3.19. The zero-order valence-corrected chi connectivity index (χ0v) is 10.3. The molecule has 0 fully saturated rings. The molecule has 0 spiro atoms. The van der Waals surface area contributed by atoms with Crippen LogP contribution in [0.5, 0.6) is 0 Å². The Hall–Kier alpha value is -0.280. The molecule has 3 heteroatoms. The summed E-state index contributed by atoms with van der Waals surface area (Å²) in [6, 6.07) is 0.522. The predicted molar refractivity (Wildman–Crippen MR) is 62.6 cm³/mol. The number of aromatic nitrogens is 1. The fraction of sp³-hybridized carbons (Fsp3) is 0.636. The highest BCUT2D eigenvalue weighted by Crippen LogP contribution is 2.39. The van der Waals surface area contributed by atoms with Crippen LogP contribution in [0.3, 0.4) is 0 Å². The highest BCUT2D eigenvalue weighted by molar-refractivity contribution is 9.10. The van der Waals surface area contributed by atoms with E-state index >= 15 is 0 Å². The Kier molecular flexibility index (Phi) is 2.71. The Morgan fingerprint density at radius 3 is 2.93 bits per heavy atom. The second-order valence-corrected chi connectivity index (χ2v) is 5.08. The lowest BCUT2D eigenvalue weighted by molar-refractivity contribution is 0.579. The van der Waals surface area contributed by atoms with Gasteiger partial charge in [0.2, 0.25) is 0 Å². The highest BCUT2D eigenvalue weighted by Gasteiger charge is 2.26. The molecule has 0 saturated heterocycles. The molecule has 14 heavy (non-hydrogen) atoms. The Morgan fingerprint density at radius 2 is 2.36 bits per heavy atom. The Labute approximate surface area is 93.6 Å². The molecule has 1 aliphatic carbocycles. The summed E-state index contributed by atoms with van der Waals surface area (Å²) >= 11 is 3.68. The van der Waals surface area contributed by atoms with Gasteiger partial charge in [-0.15, -0.1) is 0 Å². The lowest BCUT2D eigenvalue weighted by Gasteiger charge is -2.11. The molecule has 2 N–H and O–H groups in total. The molecule has 0 aromatic carbocycles. The van der Waals surface area contributed by atoms with E-state index in [0.29, 0.717) is 12.0 Å². The van der Waals surface area contributed by atoms with Gasteiger partial charge in [-0.2, -0.15) is 0 Å². The lowest BCUT2D eigenvalue weighted by Crippen LogP contribution is -2.09. The number of rotatable bonds is 2. The van der Waals surface area contributed by atoms with Crippen LogP contribution in [0.1, 0.15) is 43.4 Å². The van der Waals surface area contributed by atoms with Crippen molar-refractivity contribution >= 4 is 15.9 Å². The van der Waals surface area contributed by atoms with Gasteiger partial charge in [0.05, 0.1) is 4.60 Å². The summed E-state index contributed by atoms with van der Waals surface area (Å²) < 4.78 is 3.56. The van der Waals surface area contributed by atoms with Crippen LogP contribution in [-0.2, 0) is 6.42 Å². The van der Waals surface area contributed by atoms with E-state index < -0.39 is 0 Å². The predicted octanol–water partition coefficient (Wildman–Crippen LogP) is 2.82. The third kappa shape index (κ3) is 1.43. The minimum absolute atomic E-state index is 0.522. The number of nitrogens with zero attached hydrogens (tertiary/aromatic N) is 1. The Morgan fingerprint density at radius 1 is 1.64 bits per heavy atom. The summed E-state index contributed by atoms with van der Waals surface area (Å²) in [7, 11) is 0. The van der Waals surface area contributed by atoms with Crippen molar-refractivity contribution in [3.8, 4) is 0 Å². The molecule has 0 radical (unpaired) electrons. The molecule has 0 saturated carbocycles. The Balaban J connectivity index is 2.43. The first kappa shape index (κ1) is 10.2. The molecule has 0 amide bonds. The van der Waals surface area contributed by atoms with Crippen LogP contribution in [0.4, 0.5) is 0 Å². The maximum atomic E-state index is 5.76. The standard InChI is InChI=1S/C11H17BrN2/c1-7(2)14-6-10-8(5-13)3-4-9(10)11(14)12/h6-8H,3-5,13H2,1-2H3. The molecule has 1 heterocycles. The highest BCUT2D eigenvalue weighted by atomic mass is 79.9. The van der Waals surface area contributed by atoms with Crippen molar-refractivity contribution in [1.82, 2.24) is 4.57 Å². The van der Waals surface area contributed by atoms with Crippen LogP contribution in [0, 0.1) is 0 Å². The fourth-order valence-electron chi connectivity index (χ4n) is 2.25. The SMILES string of the molecule is CC(C)n1cc2c(c1Br)CCC2CN. The molecule has 0 bridgehead atoms. The van der Waals surface area contributed by atoms with Crippen LogP contribution in [0.2, 0.25) is 0 Å². The number of halogens is 1. The van der Waals surface area contributed by atoms with Gasteiger partial charge in [0.25, 0.3) is 0 Å². The summed E-state index contributed by atoms with van der Waals surface area (Å²) in [4.78, 5) is 0. The van der Waals surface area contributed by atoms with Crippen molar-refractivity contribution in [3.05, 3.63) is 21.9 Å². The van der Waals surface area contributed by atoms with Crippen LogP contribution in [0.15, 0.2) is 10.8 Å². The van der Waals surface area contributed by atoms with Crippen molar-refractivity contribution in [2.24, 2.45) is 5.73 Å². The largest absolute Gasteiger partial charge is 0.339 e. The third-order valence-electron chi connectivity index (χ3n) is 3.13. The minimum Gasteiger partial charge on any atom is -0.339 e. The average molecular weight is 257 g/mol. The number of nitrogens with two attached hydrogens (primary N) is 1. The quantitative estimate of drug-likeness (QED) is 0.867. The molecule has 2 rings (SSSR count). The van der Waals surface area contributed by atoms with Gasteiger partial charge in [-0.25, -0.2) is 0 Å². The van der Waals surface area contributed by atoms with Gasteiger partial charge in [-0.05, 0) is 66.2 Å². The molecule has 1 aromatic heterocycles. The maximum absolute atomic E-state index is 5.76. The van der Waals surface area contributed by atoms with Gasteiger partial charge in [-0.3, -0.25) is 0 Å². The van der Waals surface area contributed by atoms with Crippen molar-refractivity contribution in [2.75, 3.05) is 6.54 Å². The van der Waals surface area contributed by atoms with E-state index in [1.807, 2.05) is 0 Å². The molecular formula is C11H17BrN2. The molecule has 78 valence electrons. The van der Waals surface area contributed by atoms with E-state index in [1.54, 1.807) is 0 Å². The van der Waals surface area contributed by atoms with Crippen molar-refractivity contribution in [2.45, 2.75) is 38.6 Å². The van der Waals surface area contributed by atoms with Crippen molar-refractivity contribution in [1.29, 1.82) is 0 Å². The molecular weight excluding hydrogens is 240 g/mol. The summed E-state index contributed by atoms with van der Waals surface area (Å²) in [6.07, 6.45) is 4.67. The van der Waals surface area contributed by atoms with Crippen LogP contribution in [-0.4, -0.2) is 11.1 Å². The first-order chi connectivity index (χ1) is 6.65. The smallest absolute Gasteiger partial charge is 0.0884 e. The third-order valence-corrected chi connectivity index (χ3v) is 4.01. The van der Waals surface area contributed by atoms with E-state index in [-0.39, 0.29) is 0 Å². The van der Waals surface area contributed by atoms with E-state index in [9.17, 15) is 0 Å². The number of fused-ring (bicyclic) bond motifs is 1.